The molecule has 25 heavy (non-hydrogen) atoms. The Labute approximate surface area is 145 Å². The maximum atomic E-state index is 10.4. The van der Waals surface area contributed by atoms with Gasteiger partial charge in [-0.05, 0) is 55.2 Å². The molecule has 126 valence electrons. The fourth-order valence-corrected chi connectivity index (χ4v) is 3.56. The molecule has 1 saturated carbocycles. The SMILES string of the molecule is N#Cc1ccc2nc(N[C@@H]3CC(Cn4cccn4)C[C@H]3O)ccc2c1. The zero-order valence-electron chi connectivity index (χ0n) is 13.7. The highest BCUT2D eigenvalue weighted by Gasteiger charge is 2.33. The number of anilines is 1. The number of nitrogens with zero attached hydrogens (tertiary/aromatic N) is 4. The van der Waals surface area contributed by atoms with Gasteiger partial charge in [-0.1, -0.05) is 0 Å². The number of benzene rings is 1. The standard InChI is InChI=1S/C19H19N5O/c20-11-13-2-4-16-15(8-13)3-5-19(22-16)23-17-9-14(10-18(17)25)12-24-7-1-6-21-24/h1-8,14,17-18,25H,9-10,12H2,(H,22,23)/t14?,17-,18-/m1/s1. The summed E-state index contributed by atoms with van der Waals surface area (Å²) in [7, 11) is 0. The Hall–Kier alpha value is -2.91. The van der Waals surface area contributed by atoms with Gasteiger partial charge >= 0.3 is 0 Å². The second-order valence-electron chi connectivity index (χ2n) is 6.60. The minimum atomic E-state index is -0.390. The third-order valence-corrected chi connectivity index (χ3v) is 4.78. The number of hydrogen-bond acceptors (Lipinski definition) is 5. The lowest BCUT2D eigenvalue weighted by atomic mass is 10.1. The molecule has 2 N–H and O–H groups in total. The first-order valence-corrected chi connectivity index (χ1v) is 8.44. The lowest BCUT2D eigenvalue weighted by Crippen LogP contribution is -2.28. The first kappa shape index (κ1) is 15.6. The van der Waals surface area contributed by atoms with Crippen LogP contribution in [0.5, 0.6) is 0 Å². The second-order valence-corrected chi connectivity index (χ2v) is 6.60. The number of rotatable bonds is 4. The molecule has 0 bridgehead atoms. The van der Waals surface area contributed by atoms with Gasteiger partial charge in [0.1, 0.15) is 5.82 Å². The molecule has 2 aromatic heterocycles. The summed E-state index contributed by atoms with van der Waals surface area (Å²) in [5.74, 6) is 1.15. The number of nitrogens with one attached hydrogen (secondary N) is 1. The van der Waals surface area contributed by atoms with Crippen LogP contribution in [0.4, 0.5) is 5.82 Å². The first-order chi connectivity index (χ1) is 12.2. The number of aromatic nitrogens is 3. The lowest BCUT2D eigenvalue weighted by Gasteiger charge is -2.17. The third kappa shape index (κ3) is 3.32. The van der Waals surface area contributed by atoms with E-state index in [4.69, 9.17) is 5.26 Å². The van der Waals surface area contributed by atoms with Gasteiger partial charge in [0.05, 0.1) is 29.3 Å². The molecule has 0 spiro atoms. The fraction of sp³-hybridized carbons (Fsp3) is 0.316. The van der Waals surface area contributed by atoms with Crippen molar-refractivity contribution in [2.24, 2.45) is 5.92 Å². The monoisotopic (exact) mass is 333 g/mol. The summed E-state index contributed by atoms with van der Waals surface area (Å²) < 4.78 is 1.92. The molecule has 2 heterocycles. The van der Waals surface area contributed by atoms with E-state index in [-0.39, 0.29) is 12.1 Å². The van der Waals surface area contributed by atoms with Crippen molar-refractivity contribution in [2.45, 2.75) is 31.5 Å². The summed E-state index contributed by atoms with van der Waals surface area (Å²) in [6.45, 7) is 0.824. The molecule has 0 saturated heterocycles. The van der Waals surface area contributed by atoms with Crippen LogP contribution in [0.2, 0.25) is 0 Å². The Morgan fingerprint density at radius 2 is 2.20 bits per heavy atom. The molecule has 4 rings (SSSR count). The van der Waals surface area contributed by atoms with Gasteiger partial charge in [0.15, 0.2) is 0 Å². The molecule has 6 heteroatoms. The highest BCUT2D eigenvalue weighted by atomic mass is 16.3. The predicted molar refractivity (Wildman–Crippen MR) is 94.8 cm³/mol. The average Bonchev–Trinajstić information content (AvgIpc) is 3.25. The van der Waals surface area contributed by atoms with E-state index in [2.05, 4.69) is 21.5 Å². The van der Waals surface area contributed by atoms with Crippen molar-refractivity contribution in [2.75, 3.05) is 5.32 Å². The van der Waals surface area contributed by atoms with Gasteiger partial charge in [-0.3, -0.25) is 4.68 Å². The van der Waals surface area contributed by atoms with Crippen molar-refractivity contribution in [1.82, 2.24) is 14.8 Å². The Morgan fingerprint density at radius 3 is 3.00 bits per heavy atom. The minimum absolute atomic E-state index is 0.0103. The van der Waals surface area contributed by atoms with E-state index in [9.17, 15) is 5.11 Å². The van der Waals surface area contributed by atoms with Crippen LogP contribution in [0, 0.1) is 17.2 Å². The largest absolute Gasteiger partial charge is 0.391 e. The molecule has 0 aliphatic heterocycles. The van der Waals surface area contributed by atoms with Crippen LogP contribution in [0.25, 0.3) is 10.9 Å². The molecule has 0 radical (unpaired) electrons. The van der Waals surface area contributed by atoms with E-state index in [1.165, 1.54) is 0 Å². The molecule has 1 aliphatic rings. The molecule has 1 unspecified atom stereocenters. The molecule has 1 fully saturated rings. The molecule has 3 atom stereocenters. The van der Waals surface area contributed by atoms with Crippen molar-refractivity contribution in [1.29, 1.82) is 5.26 Å². The van der Waals surface area contributed by atoms with Crippen LogP contribution in [0.3, 0.4) is 0 Å². The average molecular weight is 333 g/mol. The normalized spacial score (nSPS) is 22.8. The van der Waals surface area contributed by atoms with E-state index < -0.39 is 0 Å². The van der Waals surface area contributed by atoms with E-state index in [1.54, 1.807) is 12.3 Å². The summed E-state index contributed by atoms with van der Waals surface area (Å²) in [6, 6.07) is 13.3. The number of fused-ring (bicyclic) bond motifs is 1. The Bertz CT molecular complexity index is 915. The topological polar surface area (TPSA) is 86.8 Å². The maximum absolute atomic E-state index is 10.4. The van der Waals surface area contributed by atoms with Crippen LogP contribution in [0.15, 0.2) is 48.8 Å². The van der Waals surface area contributed by atoms with E-state index in [0.717, 1.165) is 36.1 Å². The van der Waals surface area contributed by atoms with Crippen LogP contribution in [0.1, 0.15) is 18.4 Å². The zero-order valence-corrected chi connectivity index (χ0v) is 13.7. The first-order valence-electron chi connectivity index (χ1n) is 8.44. The Kier molecular flexibility index (Phi) is 4.08. The highest BCUT2D eigenvalue weighted by molar-refractivity contribution is 5.81. The summed E-state index contributed by atoms with van der Waals surface area (Å²) in [5.41, 5.74) is 1.47. The molecule has 1 aliphatic carbocycles. The van der Waals surface area contributed by atoms with Gasteiger partial charge in [0.2, 0.25) is 0 Å². The number of aliphatic hydroxyl groups excluding tert-OH is 1. The smallest absolute Gasteiger partial charge is 0.126 e. The third-order valence-electron chi connectivity index (χ3n) is 4.78. The molecule has 6 nitrogen and oxygen atoms in total. The molecule has 1 aromatic carbocycles. The minimum Gasteiger partial charge on any atom is -0.391 e. The maximum Gasteiger partial charge on any atom is 0.126 e. The predicted octanol–water partition coefficient (Wildman–Crippen LogP) is 2.55. The van der Waals surface area contributed by atoms with Gasteiger partial charge in [-0.25, -0.2) is 4.98 Å². The van der Waals surface area contributed by atoms with Gasteiger partial charge in [-0.15, -0.1) is 0 Å². The molecular weight excluding hydrogens is 314 g/mol. The summed E-state index contributed by atoms with van der Waals surface area (Å²) in [6.07, 6.45) is 4.98. The molecule has 3 aromatic rings. The second kappa shape index (κ2) is 6.54. The van der Waals surface area contributed by atoms with Crippen molar-refractivity contribution in [3.63, 3.8) is 0 Å². The van der Waals surface area contributed by atoms with Gasteiger partial charge < -0.3 is 10.4 Å². The van der Waals surface area contributed by atoms with Crippen LogP contribution >= 0.6 is 0 Å². The van der Waals surface area contributed by atoms with Crippen molar-refractivity contribution >= 4 is 16.7 Å². The summed E-state index contributed by atoms with van der Waals surface area (Å²) in [4.78, 5) is 4.60. The number of pyridine rings is 1. The van der Waals surface area contributed by atoms with E-state index in [1.807, 2.05) is 41.2 Å². The fourth-order valence-electron chi connectivity index (χ4n) is 3.56. The van der Waals surface area contributed by atoms with Crippen molar-refractivity contribution < 1.29 is 5.11 Å². The highest BCUT2D eigenvalue weighted by Crippen LogP contribution is 2.30. The molecular formula is C19H19N5O. The lowest BCUT2D eigenvalue weighted by molar-refractivity contribution is 0.166. The Balaban J connectivity index is 1.46. The quantitative estimate of drug-likeness (QED) is 0.766. The Morgan fingerprint density at radius 1 is 1.28 bits per heavy atom. The van der Waals surface area contributed by atoms with Crippen LogP contribution in [-0.4, -0.2) is 32.0 Å². The number of nitriles is 1. The zero-order chi connectivity index (χ0) is 17.2. The number of hydrogen-bond donors (Lipinski definition) is 2. The summed E-state index contributed by atoms with van der Waals surface area (Å²) in [5, 5.41) is 27.9. The van der Waals surface area contributed by atoms with E-state index >= 15 is 0 Å². The van der Waals surface area contributed by atoms with Crippen molar-refractivity contribution in [3.8, 4) is 6.07 Å². The van der Waals surface area contributed by atoms with Crippen LogP contribution < -0.4 is 5.32 Å². The van der Waals surface area contributed by atoms with Gasteiger partial charge in [0.25, 0.3) is 0 Å². The van der Waals surface area contributed by atoms with Gasteiger partial charge in [-0.2, -0.15) is 10.4 Å². The molecule has 0 amide bonds. The number of aliphatic hydroxyl groups is 1. The van der Waals surface area contributed by atoms with E-state index in [0.29, 0.717) is 11.5 Å². The van der Waals surface area contributed by atoms with Gasteiger partial charge in [0, 0.05) is 24.3 Å². The van der Waals surface area contributed by atoms with Crippen molar-refractivity contribution in [3.05, 3.63) is 54.4 Å². The van der Waals surface area contributed by atoms with Crippen LogP contribution in [-0.2, 0) is 6.54 Å². The summed E-state index contributed by atoms with van der Waals surface area (Å²) >= 11 is 0.